The van der Waals surface area contributed by atoms with Gasteiger partial charge in [-0.05, 0) is 36.4 Å². The lowest BCUT2D eigenvalue weighted by Crippen LogP contribution is -2.21. The zero-order chi connectivity index (χ0) is 17.5. The third-order valence-electron chi connectivity index (χ3n) is 2.96. The van der Waals surface area contributed by atoms with E-state index in [0.29, 0.717) is 11.4 Å². The Kier molecular flexibility index (Phi) is 5.62. The lowest BCUT2D eigenvalue weighted by molar-refractivity contribution is -0.123. The summed E-state index contributed by atoms with van der Waals surface area (Å²) in [5.41, 5.74) is 1.10. The number of rotatable bonds is 5. The second-order valence-electron chi connectivity index (χ2n) is 5.01. The van der Waals surface area contributed by atoms with E-state index in [1.54, 1.807) is 30.3 Å². The van der Waals surface area contributed by atoms with Crippen LogP contribution in [-0.2, 0) is 14.4 Å². The van der Waals surface area contributed by atoms with Gasteiger partial charge >= 0.3 is 0 Å². The molecule has 24 heavy (non-hydrogen) atoms. The number of benzene rings is 2. The maximum Gasteiger partial charge on any atom is 0.233 e. The molecular weight excluding hydrogens is 313 g/mol. The number of hydrogen-bond donors (Lipinski definition) is 3. The molecule has 0 saturated heterocycles. The van der Waals surface area contributed by atoms with Crippen LogP contribution in [0.25, 0.3) is 0 Å². The number of hydrogen-bond acceptors (Lipinski definition) is 3. The van der Waals surface area contributed by atoms with Gasteiger partial charge in [-0.15, -0.1) is 0 Å². The van der Waals surface area contributed by atoms with E-state index in [0.717, 1.165) is 0 Å². The van der Waals surface area contributed by atoms with E-state index in [-0.39, 0.29) is 11.6 Å². The van der Waals surface area contributed by atoms with Crippen molar-refractivity contribution >= 4 is 34.8 Å². The molecule has 0 unspecified atom stereocenters. The van der Waals surface area contributed by atoms with Crippen LogP contribution in [0.15, 0.2) is 48.5 Å². The molecule has 0 aliphatic carbocycles. The second-order valence-corrected chi connectivity index (χ2v) is 5.01. The van der Waals surface area contributed by atoms with Gasteiger partial charge in [0, 0.05) is 18.3 Å². The fraction of sp³-hybridized carbons (Fsp3) is 0.118. The lowest BCUT2D eigenvalue weighted by atomic mass is 10.2. The summed E-state index contributed by atoms with van der Waals surface area (Å²) in [5.74, 6) is -1.92. The molecule has 0 radical (unpaired) electrons. The van der Waals surface area contributed by atoms with E-state index < -0.39 is 24.1 Å². The predicted octanol–water partition coefficient (Wildman–Crippen LogP) is 2.75. The van der Waals surface area contributed by atoms with Crippen LogP contribution in [0.5, 0.6) is 0 Å². The Hall–Kier alpha value is -3.22. The third kappa shape index (κ3) is 5.20. The van der Waals surface area contributed by atoms with Gasteiger partial charge in [-0.3, -0.25) is 14.4 Å². The standard InChI is InChI=1S/C17H16FN3O3/c1-11(22)19-12-6-8-13(9-7-12)20-16(23)10-17(24)21-15-5-3-2-4-14(15)18/h2-9H,10H2,1H3,(H,19,22)(H,20,23)(H,21,24). The Morgan fingerprint density at radius 1 is 0.833 bits per heavy atom. The molecule has 0 atom stereocenters. The van der Waals surface area contributed by atoms with Crippen LogP contribution >= 0.6 is 0 Å². The molecule has 3 N–H and O–H groups in total. The summed E-state index contributed by atoms with van der Waals surface area (Å²) in [6, 6.07) is 12.1. The third-order valence-corrected chi connectivity index (χ3v) is 2.96. The predicted molar refractivity (Wildman–Crippen MR) is 89.0 cm³/mol. The van der Waals surface area contributed by atoms with E-state index in [1.165, 1.54) is 25.1 Å². The summed E-state index contributed by atoms with van der Waals surface area (Å²) < 4.78 is 13.4. The van der Waals surface area contributed by atoms with Crippen molar-refractivity contribution in [3.63, 3.8) is 0 Å². The van der Waals surface area contributed by atoms with Gasteiger partial charge in [0.2, 0.25) is 17.7 Å². The first-order chi connectivity index (χ1) is 11.4. The van der Waals surface area contributed by atoms with E-state index in [9.17, 15) is 18.8 Å². The molecular formula is C17H16FN3O3. The minimum Gasteiger partial charge on any atom is -0.326 e. The summed E-state index contributed by atoms with van der Waals surface area (Å²) in [4.78, 5) is 34.5. The van der Waals surface area contributed by atoms with Crippen LogP contribution in [0.2, 0.25) is 0 Å². The van der Waals surface area contributed by atoms with Crippen molar-refractivity contribution in [1.29, 1.82) is 0 Å². The molecule has 7 heteroatoms. The monoisotopic (exact) mass is 329 g/mol. The quantitative estimate of drug-likeness (QED) is 0.737. The molecule has 0 aromatic heterocycles. The van der Waals surface area contributed by atoms with Crippen molar-refractivity contribution in [2.24, 2.45) is 0 Å². The highest BCUT2D eigenvalue weighted by atomic mass is 19.1. The molecule has 0 heterocycles. The highest BCUT2D eigenvalue weighted by Crippen LogP contribution is 2.15. The Labute approximate surface area is 138 Å². The number of carbonyl (C=O) groups is 3. The fourth-order valence-corrected chi connectivity index (χ4v) is 1.95. The second kappa shape index (κ2) is 7.87. The first-order valence-electron chi connectivity index (χ1n) is 7.16. The van der Waals surface area contributed by atoms with Crippen LogP contribution in [-0.4, -0.2) is 17.7 Å². The molecule has 0 bridgehead atoms. The van der Waals surface area contributed by atoms with E-state index in [1.807, 2.05) is 0 Å². The van der Waals surface area contributed by atoms with Gasteiger partial charge in [-0.25, -0.2) is 4.39 Å². The van der Waals surface area contributed by atoms with E-state index in [2.05, 4.69) is 16.0 Å². The first kappa shape index (κ1) is 17.1. The summed E-state index contributed by atoms with van der Waals surface area (Å²) in [6.45, 7) is 1.39. The fourth-order valence-electron chi connectivity index (χ4n) is 1.95. The van der Waals surface area contributed by atoms with E-state index in [4.69, 9.17) is 0 Å². The molecule has 0 aliphatic rings. The smallest absolute Gasteiger partial charge is 0.233 e. The Morgan fingerprint density at radius 3 is 1.96 bits per heavy atom. The van der Waals surface area contributed by atoms with Gasteiger partial charge < -0.3 is 16.0 Å². The number of nitrogens with one attached hydrogen (secondary N) is 3. The number of halogens is 1. The van der Waals surface area contributed by atoms with Crippen molar-refractivity contribution in [1.82, 2.24) is 0 Å². The van der Waals surface area contributed by atoms with Gasteiger partial charge in [-0.2, -0.15) is 0 Å². The Morgan fingerprint density at radius 2 is 1.38 bits per heavy atom. The Balaban J connectivity index is 1.87. The summed E-state index contributed by atoms with van der Waals surface area (Å²) in [6.07, 6.45) is -0.443. The Bertz CT molecular complexity index is 760. The average Bonchev–Trinajstić information content (AvgIpc) is 2.51. The van der Waals surface area contributed by atoms with Crippen molar-refractivity contribution in [2.45, 2.75) is 13.3 Å². The molecule has 0 saturated carbocycles. The molecule has 0 aliphatic heterocycles. The molecule has 3 amide bonds. The van der Waals surface area contributed by atoms with Gasteiger partial charge in [0.15, 0.2) is 0 Å². The summed E-state index contributed by atoms with van der Waals surface area (Å²) in [7, 11) is 0. The van der Waals surface area contributed by atoms with Crippen LogP contribution in [0.3, 0.4) is 0 Å². The van der Waals surface area contributed by atoms with Gasteiger partial charge in [0.05, 0.1) is 5.69 Å². The zero-order valence-electron chi connectivity index (χ0n) is 12.9. The maximum atomic E-state index is 13.4. The van der Waals surface area contributed by atoms with Gasteiger partial charge in [0.25, 0.3) is 0 Å². The molecule has 2 aromatic carbocycles. The largest absolute Gasteiger partial charge is 0.326 e. The molecule has 0 spiro atoms. The first-order valence-corrected chi connectivity index (χ1v) is 7.16. The van der Waals surface area contributed by atoms with Crippen LogP contribution < -0.4 is 16.0 Å². The van der Waals surface area contributed by atoms with Gasteiger partial charge in [0.1, 0.15) is 12.2 Å². The van der Waals surface area contributed by atoms with Crippen molar-refractivity contribution < 1.29 is 18.8 Å². The SMILES string of the molecule is CC(=O)Nc1ccc(NC(=O)CC(=O)Nc2ccccc2F)cc1. The number of carbonyl (C=O) groups excluding carboxylic acids is 3. The minimum atomic E-state index is -0.618. The van der Waals surface area contributed by atoms with Crippen molar-refractivity contribution in [3.05, 3.63) is 54.3 Å². The average molecular weight is 329 g/mol. The molecule has 2 aromatic rings. The van der Waals surface area contributed by atoms with Crippen LogP contribution in [0.4, 0.5) is 21.5 Å². The van der Waals surface area contributed by atoms with Crippen molar-refractivity contribution in [2.75, 3.05) is 16.0 Å². The number of anilines is 3. The highest BCUT2D eigenvalue weighted by Gasteiger charge is 2.11. The molecule has 124 valence electrons. The van der Waals surface area contributed by atoms with Crippen LogP contribution in [0, 0.1) is 5.82 Å². The normalized spacial score (nSPS) is 9.92. The molecule has 0 fully saturated rings. The number of para-hydroxylation sites is 1. The molecule has 6 nitrogen and oxygen atoms in total. The summed E-state index contributed by atoms with van der Waals surface area (Å²) >= 11 is 0. The topological polar surface area (TPSA) is 87.3 Å². The van der Waals surface area contributed by atoms with Crippen molar-refractivity contribution in [3.8, 4) is 0 Å². The summed E-state index contributed by atoms with van der Waals surface area (Å²) in [5, 5.41) is 7.48. The minimum absolute atomic E-state index is 0.0231. The van der Waals surface area contributed by atoms with Crippen LogP contribution in [0.1, 0.15) is 13.3 Å². The van der Waals surface area contributed by atoms with Gasteiger partial charge in [-0.1, -0.05) is 12.1 Å². The maximum absolute atomic E-state index is 13.4. The highest BCUT2D eigenvalue weighted by molar-refractivity contribution is 6.08. The lowest BCUT2D eigenvalue weighted by Gasteiger charge is -2.08. The number of amides is 3. The van der Waals surface area contributed by atoms with E-state index >= 15 is 0 Å². The molecule has 2 rings (SSSR count). The zero-order valence-corrected chi connectivity index (χ0v) is 12.9.